The quantitative estimate of drug-likeness (QED) is 0.00833. The molecule has 42 nitrogen and oxygen atoms in total. The maximum absolute atomic E-state index is 13.9. The van der Waals surface area contributed by atoms with Crippen molar-refractivity contribution in [2.45, 2.75) is 166 Å². The molecular formula is C73H79O42+. The van der Waals surface area contributed by atoms with Gasteiger partial charge in [0.2, 0.25) is 31.5 Å². The first kappa shape index (κ1) is 84.2. The smallest absolute Gasteiger partial charge is 0.400 e. The van der Waals surface area contributed by atoms with Crippen molar-refractivity contribution in [3.05, 3.63) is 118 Å². The second kappa shape index (κ2) is 35.5. The van der Waals surface area contributed by atoms with E-state index in [9.17, 15) is 136 Å². The summed E-state index contributed by atoms with van der Waals surface area (Å²) in [6.45, 7) is -4.16. The summed E-state index contributed by atoms with van der Waals surface area (Å²) in [4.78, 5) is 64.4. The van der Waals surface area contributed by atoms with E-state index in [1.54, 1.807) is 0 Å². The lowest BCUT2D eigenvalue weighted by molar-refractivity contribution is -0.278. The fraction of sp³-hybridized carbons (Fsp3) is 0.438. The topological polar surface area (TPSA) is 681 Å². The van der Waals surface area contributed by atoms with E-state index in [1.807, 2.05) is 0 Å². The number of ether oxygens (including phenoxy) is 13. The molecule has 0 amide bonds. The minimum atomic E-state index is -2.09. The van der Waals surface area contributed by atoms with Crippen LogP contribution in [0.2, 0.25) is 0 Å². The summed E-state index contributed by atoms with van der Waals surface area (Å²) >= 11 is 0. The Morgan fingerprint density at radius 3 is 1.34 bits per heavy atom. The lowest BCUT2D eigenvalue weighted by Gasteiger charge is -2.40. The Morgan fingerprint density at radius 1 is 0.417 bits per heavy atom. The first-order valence-corrected chi connectivity index (χ1v) is 35.0. The minimum Gasteiger partial charge on any atom is -0.508 e. The average molecular weight is 1630 g/mol. The number of phenolic OH excluding ortho intramolecular Hbond substituents is 5. The van der Waals surface area contributed by atoms with E-state index in [4.69, 9.17) is 70.4 Å². The van der Waals surface area contributed by atoms with Crippen LogP contribution in [0.15, 0.2) is 111 Å². The van der Waals surface area contributed by atoms with Crippen LogP contribution in [0.5, 0.6) is 57.5 Å². The van der Waals surface area contributed by atoms with Crippen LogP contribution in [-0.4, -0.2) is 322 Å². The summed E-state index contributed by atoms with van der Waals surface area (Å²) in [5, 5.41) is 233. The van der Waals surface area contributed by atoms with Crippen LogP contribution < -0.4 is 34.5 Å². The van der Waals surface area contributed by atoms with Crippen molar-refractivity contribution in [3.63, 3.8) is 0 Å². The number of hydrogen-bond donors (Lipinski definition) is 22. The van der Waals surface area contributed by atoms with Gasteiger partial charge in [0.05, 0.1) is 31.6 Å². The third-order valence-corrected chi connectivity index (χ3v) is 19.1. The van der Waals surface area contributed by atoms with Crippen LogP contribution in [0.1, 0.15) is 18.4 Å². The van der Waals surface area contributed by atoms with Crippen LogP contribution in [0.4, 0.5) is 0 Å². The number of aromatic hydroxyl groups is 5. The fourth-order valence-corrected chi connectivity index (χ4v) is 12.7. The zero-order valence-electron chi connectivity index (χ0n) is 59.2. The van der Waals surface area contributed by atoms with Crippen molar-refractivity contribution < 1.29 is 202 Å². The molecule has 0 bridgehead atoms. The van der Waals surface area contributed by atoms with E-state index in [2.05, 4.69) is 0 Å². The van der Waals surface area contributed by atoms with Crippen LogP contribution in [0.3, 0.4) is 0 Å². The van der Waals surface area contributed by atoms with Gasteiger partial charge in [-0.05, 0) is 66.2 Å². The first-order valence-electron chi connectivity index (χ1n) is 35.0. The van der Waals surface area contributed by atoms with E-state index in [0.29, 0.717) is 5.56 Å². The van der Waals surface area contributed by atoms with Crippen molar-refractivity contribution in [1.29, 1.82) is 0 Å². The van der Waals surface area contributed by atoms with Gasteiger partial charge in [0.15, 0.2) is 50.9 Å². The normalized spacial score (nSPS) is 31.6. The van der Waals surface area contributed by atoms with Gasteiger partial charge in [0.25, 0.3) is 5.75 Å². The van der Waals surface area contributed by atoms with Crippen molar-refractivity contribution in [2.75, 3.05) is 33.0 Å². The second-order valence-electron chi connectivity index (χ2n) is 27.0. The fourth-order valence-electron chi connectivity index (χ4n) is 12.7. The van der Waals surface area contributed by atoms with Crippen molar-refractivity contribution in [1.82, 2.24) is 0 Å². The average Bonchev–Trinajstić information content (AvgIpc) is 0.750. The lowest BCUT2D eigenvalue weighted by atomic mass is 9.99. The second-order valence-corrected chi connectivity index (χ2v) is 27.0. The number of aliphatic hydroxyl groups is 17. The van der Waals surface area contributed by atoms with Gasteiger partial charge in [0.1, 0.15) is 176 Å². The largest absolute Gasteiger partial charge is 0.508 e. The van der Waals surface area contributed by atoms with Gasteiger partial charge in [-0.2, -0.15) is 0 Å². The van der Waals surface area contributed by atoms with Gasteiger partial charge in [0, 0.05) is 41.5 Å². The highest BCUT2D eigenvalue weighted by atomic mass is 16.7. The Labute approximate surface area is 644 Å². The SMILES string of the molecule is O=C(C=Cc1ccc(O)cc1)OC[C@H]1O[C@@H](Oc2cc3c(=O)cc(O[C@@H]4O[C@H](COC(=O)CCC(=O)OC[C@H]5O[C@@H](Oc6ccc(-c7oc8cc(O[C@@H]9O[C@@H](CO)[C@@H](O)[C@H](O)[C@@H]9O)cc(O)c8c(=[OH+])c7O[C@@H]7O[C@H](CO)[C@@H](O)[C@H](O)[C@H]7O)cc6)[C@H](O)[C@@H](O)[C@@H]5O)[C@@H](O)[C@H](O)[C@H]4O)cc-3oc2-c2cc(O)c(O)c(O)c2)[C@H](O)[C@@H](O)[C@@H]1O. The van der Waals surface area contributed by atoms with Gasteiger partial charge in [-0.15, -0.1) is 0 Å². The van der Waals surface area contributed by atoms with Gasteiger partial charge >= 0.3 is 23.3 Å². The maximum Gasteiger partial charge on any atom is 0.400 e. The Bertz CT molecular complexity index is 4680. The van der Waals surface area contributed by atoms with Crippen molar-refractivity contribution >= 4 is 35.0 Å². The number of aliphatic hydroxyl groups excluding tert-OH is 17. The number of benzene rings is 5. The molecule has 1 aromatic heterocycles. The summed E-state index contributed by atoms with van der Waals surface area (Å²) in [5.74, 6) is -10.3. The molecule has 5 fully saturated rings. The number of rotatable bonds is 25. The molecule has 4 aromatic carbocycles. The predicted octanol–water partition coefficient (Wildman–Crippen LogP) is -5.90. The summed E-state index contributed by atoms with van der Waals surface area (Å²) in [7, 11) is 0. The van der Waals surface area contributed by atoms with Gasteiger partial charge in [-0.25, -0.2) is 4.79 Å². The third kappa shape index (κ3) is 18.2. The third-order valence-electron chi connectivity index (χ3n) is 19.1. The minimum absolute atomic E-state index is 0.0269. The molecule has 1 aliphatic carbocycles. The van der Waals surface area contributed by atoms with E-state index >= 15 is 0 Å². The molecule has 42 heteroatoms. The monoisotopic (exact) mass is 1630 g/mol. The zero-order valence-corrected chi connectivity index (χ0v) is 59.2. The molecule has 25 atom stereocenters. The molecule has 7 heterocycles. The molecule has 23 N–H and O–H groups in total. The molecule has 622 valence electrons. The summed E-state index contributed by atoms with van der Waals surface area (Å²) < 4.78 is 84.9. The predicted molar refractivity (Wildman–Crippen MR) is 370 cm³/mol. The van der Waals surface area contributed by atoms with Crippen LogP contribution in [0, 0.1) is 0 Å². The van der Waals surface area contributed by atoms with E-state index in [1.165, 1.54) is 54.6 Å². The highest BCUT2D eigenvalue weighted by Gasteiger charge is 2.51. The molecule has 115 heavy (non-hydrogen) atoms. The number of carbonyl (C=O) groups excluding carboxylic acids is 3. The highest BCUT2D eigenvalue weighted by Crippen LogP contribution is 2.46. The van der Waals surface area contributed by atoms with E-state index < -0.39 is 291 Å². The summed E-state index contributed by atoms with van der Waals surface area (Å²) in [6.07, 6.45) is -46.0. The molecule has 7 aliphatic rings. The maximum atomic E-state index is 13.9. The van der Waals surface area contributed by atoms with Crippen molar-refractivity contribution in [3.8, 4) is 91.5 Å². The molecule has 6 aliphatic heterocycles. The zero-order chi connectivity index (χ0) is 82.9. The van der Waals surface area contributed by atoms with Crippen molar-refractivity contribution in [2.24, 2.45) is 0 Å². The van der Waals surface area contributed by atoms with Crippen LogP contribution in [-0.2, 0) is 52.3 Å². The standard InChI is InChI=1S/C73H78O42/c74-20-40-50(85)56(91)61(96)70(110-40)106-31-16-34(78)48-38(18-31)108-67(68(55(48)90)115-73-65(100)57(92)51(86)41(21-75)111-73)26-4-8-29(9-5-26)104-69-62(97)58(93)52(87)42(112-69)22-102-46(82)11-12-47(83)103-23-43-53(88)59(94)63(98)71(113-43)105-30-15-33(77)32-19-39(66(107-37(32)17-30)27-13-35(79)49(84)36(80)14-27)109-72-64(99)60(95)54(89)44(114-72)24-101-45(81)10-3-25-1-6-28(76)7-2-25/h1-10,13-19,40-44,50-54,56-65,69-76,78-80,84-89,91-100H,11-12,20-24H2/p+1/t40-,41+,42+,43+,44+,50+,51+,52+,53+,54+,56-,57-,58-,59-,60-,61-,62+,63+,64+,65+,69+,70+,71+,72+,73-/m0/s1. The molecule has 5 aromatic rings. The molecule has 5 saturated heterocycles. The first-order chi connectivity index (χ1) is 54.7. The van der Waals surface area contributed by atoms with E-state index in [0.717, 1.165) is 48.5 Å². The molecule has 0 unspecified atom stereocenters. The lowest BCUT2D eigenvalue weighted by Crippen LogP contribution is -2.60. The van der Waals surface area contributed by atoms with Gasteiger partial charge in [-0.1, -0.05) is 12.1 Å². The highest BCUT2D eigenvalue weighted by molar-refractivity contribution is 5.88. The van der Waals surface area contributed by atoms with Gasteiger partial charge in [-0.3, -0.25) is 19.2 Å². The molecule has 0 saturated carbocycles. The Balaban J connectivity index is 0.670. The number of phenols is 5. The van der Waals surface area contributed by atoms with E-state index in [-0.39, 0.29) is 39.7 Å². The summed E-state index contributed by atoms with van der Waals surface area (Å²) in [6, 6.07) is 17.3. The molecular weight excluding hydrogens is 1550 g/mol. The Kier molecular flexibility index (Phi) is 26.0. The van der Waals surface area contributed by atoms with Gasteiger partial charge < -0.3 is 183 Å². The van der Waals surface area contributed by atoms with Crippen LogP contribution in [0.25, 0.3) is 51.0 Å². The summed E-state index contributed by atoms with van der Waals surface area (Å²) in [5.41, 5.74) is -2.43. The number of carbonyl (C=O) groups is 3. The molecule has 0 radical (unpaired) electrons. The van der Waals surface area contributed by atoms with Crippen LogP contribution >= 0.6 is 0 Å². The number of esters is 3. The molecule has 0 spiro atoms. The Morgan fingerprint density at radius 2 is 0.852 bits per heavy atom. The molecule has 12 rings (SSSR count). The number of hydrogen-bond acceptors (Lipinski definition) is 41. The Hall–Kier alpha value is -10.2. The number of fused-ring (bicyclic) bond motifs is 2.